The fraction of sp³-hybridized carbons (Fsp3) is 0.263. The predicted molar refractivity (Wildman–Crippen MR) is 94.6 cm³/mol. The van der Waals surface area contributed by atoms with Crippen molar-refractivity contribution in [3.63, 3.8) is 0 Å². The Bertz CT molecular complexity index is 912. The zero-order valence-corrected chi connectivity index (χ0v) is 14.7. The largest absolute Gasteiger partial charge is 0.497 e. The number of hydrogen-bond acceptors (Lipinski definition) is 4. The smallest absolute Gasteiger partial charge is 0.161 e. The maximum Gasteiger partial charge on any atom is 0.161 e. The molecule has 0 saturated carbocycles. The summed E-state index contributed by atoms with van der Waals surface area (Å²) in [5.74, 6) is -2.36. The van der Waals surface area contributed by atoms with E-state index in [-0.39, 0.29) is 12.0 Å². The first-order chi connectivity index (χ1) is 13.0. The van der Waals surface area contributed by atoms with Crippen LogP contribution in [0.1, 0.15) is 12.0 Å². The standard InChI is InChI=1S/C19H19F3N4O/c1-27-15-4-2-12(3-5-15)19-11-24-25-26(19)7-6-14(23)8-13-9-17(21)18(22)10-16(13)20/h2-5,9-11,14H,6-8,23H2,1H3/t14-/m0/s1. The van der Waals surface area contributed by atoms with Crippen molar-refractivity contribution in [3.05, 3.63) is 65.6 Å². The molecule has 5 nitrogen and oxygen atoms in total. The molecule has 2 aromatic carbocycles. The average molecular weight is 376 g/mol. The summed E-state index contributed by atoms with van der Waals surface area (Å²) in [6.45, 7) is 0.452. The van der Waals surface area contributed by atoms with E-state index in [4.69, 9.17) is 10.5 Å². The molecule has 8 heteroatoms. The Morgan fingerprint density at radius 1 is 1.07 bits per heavy atom. The van der Waals surface area contributed by atoms with Gasteiger partial charge in [-0.25, -0.2) is 17.9 Å². The fourth-order valence-corrected chi connectivity index (χ4v) is 2.80. The molecule has 0 aliphatic heterocycles. The molecule has 0 saturated heterocycles. The summed E-state index contributed by atoms with van der Waals surface area (Å²) in [7, 11) is 1.60. The summed E-state index contributed by atoms with van der Waals surface area (Å²) in [6, 6.07) is 8.40. The van der Waals surface area contributed by atoms with Crippen LogP contribution >= 0.6 is 0 Å². The number of hydrogen-bond donors (Lipinski definition) is 1. The van der Waals surface area contributed by atoms with Gasteiger partial charge in [-0.2, -0.15) is 0 Å². The second kappa shape index (κ2) is 8.22. The third-order valence-corrected chi connectivity index (χ3v) is 4.29. The van der Waals surface area contributed by atoms with Gasteiger partial charge in [0.15, 0.2) is 11.6 Å². The molecule has 1 heterocycles. The van der Waals surface area contributed by atoms with Crippen molar-refractivity contribution in [2.75, 3.05) is 7.11 Å². The number of halogens is 3. The van der Waals surface area contributed by atoms with Crippen LogP contribution in [-0.4, -0.2) is 28.1 Å². The normalized spacial score (nSPS) is 12.2. The Balaban J connectivity index is 1.65. The Kier molecular flexibility index (Phi) is 5.75. The van der Waals surface area contributed by atoms with E-state index in [0.29, 0.717) is 19.0 Å². The third-order valence-electron chi connectivity index (χ3n) is 4.29. The number of methoxy groups -OCH3 is 1. The quantitative estimate of drug-likeness (QED) is 0.643. The first kappa shape index (κ1) is 18.9. The van der Waals surface area contributed by atoms with Gasteiger partial charge in [-0.15, -0.1) is 5.10 Å². The number of benzene rings is 2. The van der Waals surface area contributed by atoms with Gasteiger partial charge in [0, 0.05) is 24.2 Å². The van der Waals surface area contributed by atoms with Gasteiger partial charge in [0.1, 0.15) is 11.6 Å². The third kappa shape index (κ3) is 4.46. The van der Waals surface area contributed by atoms with E-state index in [1.54, 1.807) is 18.0 Å². The Hall–Kier alpha value is -2.87. The van der Waals surface area contributed by atoms with Gasteiger partial charge < -0.3 is 10.5 Å². The van der Waals surface area contributed by atoms with Gasteiger partial charge in [-0.1, -0.05) is 5.21 Å². The predicted octanol–water partition coefficient (Wildman–Crippen LogP) is 3.33. The maximum absolute atomic E-state index is 13.8. The second-order valence-corrected chi connectivity index (χ2v) is 6.18. The van der Waals surface area contributed by atoms with Gasteiger partial charge in [-0.3, -0.25) is 0 Å². The van der Waals surface area contributed by atoms with E-state index in [1.807, 2.05) is 24.3 Å². The molecule has 0 aliphatic carbocycles. The van der Waals surface area contributed by atoms with Crippen molar-refractivity contribution in [2.24, 2.45) is 5.73 Å². The minimum absolute atomic E-state index is 0.0513. The topological polar surface area (TPSA) is 66.0 Å². The number of aryl methyl sites for hydroxylation is 1. The summed E-state index contributed by atoms with van der Waals surface area (Å²) in [4.78, 5) is 0. The first-order valence-electron chi connectivity index (χ1n) is 8.40. The van der Waals surface area contributed by atoms with E-state index in [0.717, 1.165) is 23.1 Å². The summed E-state index contributed by atoms with van der Waals surface area (Å²) in [5.41, 5.74) is 7.82. The highest BCUT2D eigenvalue weighted by Gasteiger charge is 2.14. The van der Waals surface area contributed by atoms with Crippen LogP contribution < -0.4 is 10.5 Å². The van der Waals surface area contributed by atoms with Crippen LogP contribution in [0.2, 0.25) is 0 Å². The monoisotopic (exact) mass is 376 g/mol. The molecule has 0 radical (unpaired) electrons. The molecule has 2 N–H and O–H groups in total. The molecule has 142 valence electrons. The molecule has 0 amide bonds. The minimum atomic E-state index is -1.21. The minimum Gasteiger partial charge on any atom is -0.497 e. The molecule has 27 heavy (non-hydrogen) atoms. The molecule has 3 rings (SSSR count). The fourth-order valence-electron chi connectivity index (χ4n) is 2.80. The summed E-state index contributed by atoms with van der Waals surface area (Å²) < 4.78 is 46.9. The molecule has 0 spiro atoms. The van der Waals surface area contributed by atoms with Crippen LogP contribution in [0, 0.1) is 17.5 Å². The SMILES string of the molecule is COc1ccc(-c2cnnn2CC[C@H](N)Cc2cc(F)c(F)cc2F)cc1. The van der Waals surface area contributed by atoms with Gasteiger partial charge >= 0.3 is 0 Å². The van der Waals surface area contributed by atoms with Gasteiger partial charge in [-0.05, 0) is 48.7 Å². The average Bonchev–Trinajstić information content (AvgIpc) is 3.13. The maximum atomic E-state index is 13.8. The van der Waals surface area contributed by atoms with Crippen LogP contribution in [0.4, 0.5) is 13.2 Å². The molecule has 0 unspecified atom stereocenters. The second-order valence-electron chi connectivity index (χ2n) is 6.18. The molecule has 0 aliphatic rings. The Morgan fingerprint density at radius 2 is 1.78 bits per heavy atom. The van der Waals surface area contributed by atoms with Crippen molar-refractivity contribution in [1.82, 2.24) is 15.0 Å². The van der Waals surface area contributed by atoms with Crippen LogP contribution in [-0.2, 0) is 13.0 Å². The molecule has 0 fully saturated rings. The van der Waals surface area contributed by atoms with Crippen LogP contribution in [0.5, 0.6) is 5.75 Å². The van der Waals surface area contributed by atoms with E-state index in [1.165, 1.54) is 0 Å². The lowest BCUT2D eigenvalue weighted by atomic mass is 10.0. The summed E-state index contributed by atoms with van der Waals surface area (Å²) in [6.07, 6.45) is 2.20. The Morgan fingerprint density at radius 3 is 2.48 bits per heavy atom. The van der Waals surface area contributed by atoms with Crippen LogP contribution in [0.15, 0.2) is 42.6 Å². The van der Waals surface area contributed by atoms with Crippen molar-refractivity contribution >= 4 is 0 Å². The number of ether oxygens (including phenoxy) is 1. The highest BCUT2D eigenvalue weighted by molar-refractivity contribution is 5.59. The van der Waals surface area contributed by atoms with Crippen LogP contribution in [0.3, 0.4) is 0 Å². The molecule has 3 aromatic rings. The molecular weight excluding hydrogens is 357 g/mol. The zero-order valence-electron chi connectivity index (χ0n) is 14.7. The van der Waals surface area contributed by atoms with Gasteiger partial charge in [0.2, 0.25) is 0 Å². The summed E-state index contributed by atoms with van der Waals surface area (Å²) in [5, 5.41) is 7.98. The lowest BCUT2D eigenvalue weighted by Crippen LogP contribution is -2.25. The van der Waals surface area contributed by atoms with Gasteiger partial charge in [0.25, 0.3) is 0 Å². The summed E-state index contributed by atoms with van der Waals surface area (Å²) >= 11 is 0. The molecule has 1 aromatic heterocycles. The van der Waals surface area contributed by atoms with E-state index in [9.17, 15) is 13.2 Å². The number of rotatable bonds is 7. The van der Waals surface area contributed by atoms with Gasteiger partial charge in [0.05, 0.1) is 19.0 Å². The molecule has 1 atom stereocenters. The van der Waals surface area contributed by atoms with E-state index < -0.39 is 23.5 Å². The van der Waals surface area contributed by atoms with Crippen molar-refractivity contribution in [2.45, 2.75) is 25.4 Å². The highest BCUT2D eigenvalue weighted by atomic mass is 19.2. The lowest BCUT2D eigenvalue weighted by Gasteiger charge is -2.14. The molecular formula is C19H19F3N4O. The number of nitrogens with two attached hydrogens (primary N) is 1. The lowest BCUT2D eigenvalue weighted by molar-refractivity contribution is 0.415. The number of aromatic nitrogens is 3. The van der Waals surface area contributed by atoms with E-state index in [2.05, 4.69) is 10.3 Å². The number of nitrogens with zero attached hydrogens (tertiary/aromatic N) is 3. The van der Waals surface area contributed by atoms with Crippen molar-refractivity contribution < 1.29 is 17.9 Å². The Labute approximate surface area is 154 Å². The first-order valence-corrected chi connectivity index (χ1v) is 8.40. The molecule has 0 bridgehead atoms. The zero-order chi connectivity index (χ0) is 19.4. The van der Waals surface area contributed by atoms with E-state index >= 15 is 0 Å². The highest BCUT2D eigenvalue weighted by Crippen LogP contribution is 2.22. The van der Waals surface area contributed by atoms with Crippen molar-refractivity contribution in [3.8, 4) is 17.0 Å². The van der Waals surface area contributed by atoms with Crippen molar-refractivity contribution in [1.29, 1.82) is 0 Å². The van der Waals surface area contributed by atoms with Crippen LogP contribution in [0.25, 0.3) is 11.3 Å².